The van der Waals surface area contributed by atoms with Crippen LogP contribution < -0.4 is 0 Å². The van der Waals surface area contributed by atoms with Crippen LogP contribution in [0.25, 0.3) is 0 Å². The van der Waals surface area contributed by atoms with Gasteiger partial charge in [-0.25, -0.2) is 8.78 Å². The Bertz CT molecular complexity index is 190. The van der Waals surface area contributed by atoms with Gasteiger partial charge in [-0.15, -0.1) is 0 Å². The summed E-state index contributed by atoms with van der Waals surface area (Å²) in [6.45, 7) is 8.00. The fraction of sp³-hybridized carbons (Fsp3) is 1.00. The number of hydrogen-bond acceptors (Lipinski definition) is 1. The van der Waals surface area contributed by atoms with Crippen molar-refractivity contribution in [2.45, 2.75) is 46.1 Å². The molecule has 0 aromatic carbocycles. The predicted octanol–water partition coefficient (Wildman–Crippen LogP) is 3.34. The molecule has 1 fully saturated rings. The molecule has 1 heterocycles. The number of hydrogen-bond donors (Lipinski definition) is 0. The van der Waals surface area contributed by atoms with Gasteiger partial charge in [0, 0.05) is 6.42 Å². The standard InChI is InChI=1S/C11H20F2O/c1-7(2)9-5-11(12,13)10(8(3)4)14-6-9/h7-10H,5-6H2,1-4H3/t9-,10-/m1/s1. The summed E-state index contributed by atoms with van der Waals surface area (Å²) in [5, 5.41) is 0. The van der Waals surface area contributed by atoms with E-state index < -0.39 is 12.0 Å². The number of ether oxygens (including phenoxy) is 1. The third kappa shape index (κ3) is 2.44. The molecule has 1 rings (SSSR count). The minimum atomic E-state index is -2.65. The minimum Gasteiger partial charge on any atom is -0.371 e. The molecule has 0 aliphatic carbocycles. The lowest BCUT2D eigenvalue weighted by Gasteiger charge is -2.39. The molecule has 0 spiro atoms. The van der Waals surface area contributed by atoms with Crippen molar-refractivity contribution in [1.29, 1.82) is 0 Å². The van der Waals surface area contributed by atoms with Crippen LogP contribution >= 0.6 is 0 Å². The van der Waals surface area contributed by atoms with Crippen molar-refractivity contribution in [3.63, 3.8) is 0 Å². The van der Waals surface area contributed by atoms with Crippen LogP contribution in [-0.2, 0) is 4.74 Å². The first-order valence-electron chi connectivity index (χ1n) is 5.34. The van der Waals surface area contributed by atoms with E-state index >= 15 is 0 Å². The second-order valence-corrected chi connectivity index (χ2v) is 4.97. The molecular formula is C11H20F2O. The van der Waals surface area contributed by atoms with E-state index in [1.54, 1.807) is 13.8 Å². The van der Waals surface area contributed by atoms with Crippen LogP contribution in [0.15, 0.2) is 0 Å². The zero-order valence-electron chi connectivity index (χ0n) is 9.39. The van der Waals surface area contributed by atoms with Crippen molar-refractivity contribution in [3.05, 3.63) is 0 Å². The van der Waals surface area contributed by atoms with Crippen molar-refractivity contribution in [3.8, 4) is 0 Å². The summed E-state index contributed by atoms with van der Waals surface area (Å²) >= 11 is 0. The fourth-order valence-electron chi connectivity index (χ4n) is 1.98. The summed E-state index contributed by atoms with van der Waals surface area (Å²) < 4.78 is 32.5. The van der Waals surface area contributed by atoms with Gasteiger partial charge in [0.1, 0.15) is 6.10 Å². The summed E-state index contributed by atoms with van der Waals surface area (Å²) in [6.07, 6.45) is -0.912. The quantitative estimate of drug-likeness (QED) is 0.673. The van der Waals surface area contributed by atoms with E-state index in [0.29, 0.717) is 6.61 Å². The van der Waals surface area contributed by atoms with Crippen molar-refractivity contribution in [2.75, 3.05) is 6.61 Å². The van der Waals surface area contributed by atoms with Crippen LogP contribution in [0.2, 0.25) is 0 Å². The first-order chi connectivity index (χ1) is 6.34. The lowest BCUT2D eigenvalue weighted by atomic mass is 9.84. The highest BCUT2D eigenvalue weighted by molar-refractivity contribution is 4.88. The van der Waals surface area contributed by atoms with Gasteiger partial charge in [-0.2, -0.15) is 0 Å². The predicted molar refractivity (Wildman–Crippen MR) is 52.5 cm³/mol. The Labute approximate surface area is 84.8 Å². The van der Waals surface area contributed by atoms with Gasteiger partial charge in [0.2, 0.25) is 0 Å². The summed E-state index contributed by atoms with van der Waals surface area (Å²) in [7, 11) is 0. The molecule has 2 atom stereocenters. The number of alkyl halides is 2. The van der Waals surface area contributed by atoms with Crippen molar-refractivity contribution >= 4 is 0 Å². The van der Waals surface area contributed by atoms with E-state index in [1.165, 1.54) is 0 Å². The Morgan fingerprint density at radius 1 is 1.14 bits per heavy atom. The largest absolute Gasteiger partial charge is 0.371 e. The summed E-state index contributed by atoms with van der Waals surface area (Å²) in [6, 6.07) is 0. The van der Waals surface area contributed by atoms with Crippen LogP contribution in [0.5, 0.6) is 0 Å². The van der Waals surface area contributed by atoms with Crippen LogP contribution in [0.3, 0.4) is 0 Å². The van der Waals surface area contributed by atoms with E-state index in [9.17, 15) is 8.78 Å². The van der Waals surface area contributed by atoms with Gasteiger partial charge in [-0.05, 0) is 17.8 Å². The molecule has 0 N–H and O–H groups in total. The third-order valence-electron chi connectivity index (χ3n) is 2.99. The average molecular weight is 206 g/mol. The van der Waals surface area contributed by atoms with Gasteiger partial charge in [0.25, 0.3) is 5.92 Å². The molecule has 0 aromatic rings. The highest BCUT2D eigenvalue weighted by Crippen LogP contribution is 2.39. The van der Waals surface area contributed by atoms with E-state index in [-0.39, 0.29) is 24.2 Å². The summed E-state index contributed by atoms with van der Waals surface area (Å²) in [4.78, 5) is 0. The molecule has 0 radical (unpaired) electrons. The van der Waals surface area contributed by atoms with Crippen LogP contribution in [0.1, 0.15) is 34.1 Å². The first-order valence-corrected chi connectivity index (χ1v) is 5.34. The molecule has 1 saturated heterocycles. The van der Waals surface area contributed by atoms with Crippen molar-refractivity contribution < 1.29 is 13.5 Å². The molecule has 1 aliphatic rings. The molecule has 14 heavy (non-hydrogen) atoms. The average Bonchev–Trinajstić information content (AvgIpc) is 2.01. The Morgan fingerprint density at radius 2 is 1.71 bits per heavy atom. The molecule has 0 aromatic heterocycles. The first kappa shape index (κ1) is 11.9. The minimum absolute atomic E-state index is 0.000000000000000444. The van der Waals surface area contributed by atoms with E-state index in [4.69, 9.17) is 4.74 Å². The van der Waals surface area contributed by atoms with Crippen LogP contribution in [-0.4, -0.2) is 18.6 Å². The second-order valence-electron chi connectivity index (χ2n) is 4.97. The van der Waals surface area contributed by atoms with Gasteiger partial charge in [0.05, 0.1) is 6.61 Å². The molecule has 1 nitrogen and oxygen atoms in total. The number of rotatable bonds is 2. The highest BCUT2D eigenvalue weighted by Gasteiger charge is 2.48. The van der Waals surface area contributed by atoms with Gasteiger partial charge in [-0.3, -0.25) is 0 Å². The van der Waals surface area contributed by atoms with Gasteiger partial charge in [-0.1, -0.05) is 27.7 Å². The van der Waals surface area contributed by atoms with Crippen LogP contribution in [0.4, 0.5) is 8.78 Å². The maximum atomic E-state index is 13.6. The molecule has 3 heteroatoms. The smallest absolute Gasteiger partial charge is 0.274 e. The van der Waals surface area contributed by atoms with Crippen molar-refractivity contribution in [1.82, 2.24) is 0 Å². The Morgan fingerprint density at radius 3 is 2.07 bits per heavy atom. The topological polar surface area (TPSA) is 9.23 Å². The van der Waals surface area contributed by atoms with E-state index in [0.717, 1.165) is 0 Å². The normalized spacial score (nSPS) is 32.6. The Kier molecular flexibility index (Phi) is 3.51. The monoisotopic (exact) mass is 206 g/mol. The molecular weight excluding hydrogens is 186 g/mol. The van der Waals surface area contributed by atoms with Crippen molar-refractivity contribution in [2.24, 2.45) is 17.8 Å². The summed E-state index contributed by atoms with van der Waals surface area (Å²) in [5.74, 6) is -2.49. The molecule has 0 unspecified atom stereocenters. The Balaban J connectivity index is 2.65. The molecule has 1 aliphatic heterocycles. The molecule has 0 amide bonds. The molecule has 0 bridgehead atoms. The van der Waals surface area contributed by atoms with Gasteiger partial charge >= 0.3 is 0 Å². The second kappa shape index (κ2) is 4.13. The fourth-order valence-corrected chi connectivity index (χ4v) is 1.98. The molecule has 84 valence electrons. The number of halogens is 2. The Hall–Kier alpha value is -0.180. The SMILES string of the molecule is CC(C)[C@H]1CO[C@H](C(C)C)C(F)(F)C1. The van der Waals surface area contributed by atoms with Crippen LogP contribution in [0, 0.1) is 17.8 Å². The van der Waals surface area contributed by atoms with E-state index in [2.05, 4.69) is 0 Å². The lowest BCUT2D eigenvalue weighted by molar-refractivity contribution is -0.209. The summed E-state index contributed by atoms with van der Waals surface area (Å²) in [5.41, 5.74) is 0. The highest BCUT2D eigenvalue weighted by atomic mass is 19.3. The molecule has 0 saturated carbocycles. The maximum absolute atomic E-state index is 13.6. The maximum Gasteiger partial charge on any atom is 0.274 e. The van der Waals surface area contributed by atoms with Gasteiger partial charge < -0.3 is 4.74 Å². The van der Waals surface area contributed by atoms with Gasteiger partial charge in [0.15, 0.2) is 0 Å². The zero-order chi connectivity index (χ0) is 10.9. The van der Waals surface area contributed by atoms with E-state index in [1.807, 2.05) is 13.8 Å². The third-order valence-corrected chi connectivity index (χ3v) is 2.99. The lowest BCUT2D eigenvalue weighted by Crippen LogP contribution is -2.47. The zero-order valence-corrected chi connectivity index (χ0v) is 9.39.